The van der Waals surface area contributed by atoms with Crippen LogP contribution in [0.4, 0.5) is 4.79 Å². The fraction of sp³-hybridized carbons (Fsp3) is 0.500. The molecular formula is C10H13IN2O2. The van der Waals surface area contributed by atoms with Gasteiger partial charge in [0.1, 0.15) is 6.11 Å². The molecule has 4 nitrogen and oxygen atoms in total. The molecule has 0 radical (unpaired) electrons. The number of carbonyl (C=O) groups is 1. The van der Waals surface area contributed by atoms with Gasteiger partial charge in [0.25, 0.3) is 0 Å². The summed E-state index contributed by atoms with van der Waals surface area (Å²) in [5.41, 5.74) is 5.75. The number of nitrogens with two attached hydrogens (primary N) is 1. The second-order valence-electron chi connectivity index (χ2n) is 2.63. The van der Waals surface area contributed by atoms with Crippen molar-refractivity contribution in [2.75, 3.05) is 4.43 Å². The van der Waals surface area contributed by atoms with Gasteiger partial charge in [0.05, 0.1) is 10.6 Å². The number of halogens is 1. The highest BCUT2D eigenvalue weighted by atomic mass is 127. The van der Waals surface area contributed by atoms with E-state index < -0.39 is 12.3 Å². The minimum atomic E-state index is -0.698. The van der Waals surface area contributed by atoms with Gasteiger partial charge in [-0.1, -0.05) is 48.3 Å². The number of hydrogen-bond donors (Lipinski definition) is 1. The standard InChI is InChI=1S/C10H13IN2O2/c1-3-6-9(12)13(8-5-7-11)10(14)15-4-2/h2,9H,3,6-7,12H2,1H3. The van der Waals surface area contributed by atoms with Gasteiger partial charge in [-0.3, -0.25) is 0 Å². The van der Waals surface area contributed by atoms with E-state index in [2.05, 4.69) is 39.3 Å². The van der Waals surface area contributed by atoms with Crippen LogP contribution >= 0.6 is 22.6 Å². The number of terminal acetylenes is 1. The van der Waals surface area contributed by atoms with Gasteiger partial charge in [0.2, 0.25) is 0 Å². The summed E-state index contributed by atoms with van der Waals surface area (Å²) in [6.07, 6.45) is 6.99. The zero-order valence-corrected chi connectivity index (χ0v) is 10.7. The van der Waals surface area contributed by atoms with Gasteiger partial charge in [0.15, 0.2) is 0 Å². The summed E-state index contributed by atoms with van der Waals surface area (Å²) < 4.78 is 5.01. The highest BCUT2D eigenvalue weighted by molar-refractivity contribution is 14.1. The first kappa shape index (κ1) is 14.1. The van der Waals surface area contributed by atoms with Crippen molar-refractivity contribution >= 4 is 28.7 Å². The van der Waals surface area contributed by atoms with Crippen molar-refractivity contribution in [2.24, 2.45) is 5.73 Å². The van der Waals surface area contributed by atoms with E-state index >= 15 is 0 Å². The third-order valence-corrected chi connectivity index (χ3v) is 1.91. The average molecular weight is 320 g/mol. The van der Waals surface area contributed by atoms with Crippen molar-refractivity contribution in [1.82, 2.24) is 4.90 Å². The predicted molar refractivity (Wildman–Crippen MR) is 66.7 cm³/mol. The fourth-order valence-corrected chi connectivity index (χ4v) is 1.07. The first-order valence-corrected chi connectivity index (χ1v) is 5.95. The number of alkyl halides is 1. The zero-order chi connectivity index (χ0) is 11.7. The lowest BCUT2D eigenvalue weighted by Crippen LogP contribution is -2.42. The van der Waals surface area contributed by atoms with Crippen LogP contribution in [0, 0.1) is 24.5 Å². The van der Waals surface area contributed by atoms with Crippen LogP contribution in [0.1, 0.15) is 19.8 Å². The first-order chi connectivity index (χ1) is 7.17. The van der Waals surface area contributed by atoms with Crippen molar-refractivity contribution < 1.29 is 9.53 Å². The van der Waals surface area contributed by atoms with Gasteiger partial charge in [-0.25, -0.2) is 9.69 Å². The molecule has 1 unspecified atom stereocenters. The molecule has 0 aliphatic rings. The second kappa shape index (κ2) is 8.39. The van der Waals surface area contributed by atoms with E-state index in [1.165, 1.54) is 0 Å². The predicted octanol–water partition coefficient (Wildman–Crippen LogP) is 1.50. The lowest BCUT2D eigenvalue weighted by Gasteiger charge is -2.20. The number of amides is 1. The molecule has 15 heavy (non-hydrogen) atoms. The van der Waals surface area contributed by atoms with Crippen molar-refractivity contribution in [1.29, 1.82) is 0 Å². The second-order valence-corrected chi connectivity index (χ2v) is 3.40. The Kier molecular flexibility index (Phi) is 7.88. The Balaban J connectivity index is 4.57. The Bertz CT molecular complexity index is 301. The minimum Gasteiger partial charge on any atom is -0.355 e. The molecule has 1 atom stereocenters. The molecule has 0 spiro atoms. The Morgan fingerprint density at radius 1 is 1.73 bits per heavy atom. The van der Waals surface area contributed by atoms with Gasteiger partial charge in [-0.05, 0) is 6.42 Å². The largest absolute Gasteiger partial charge is 0.437 e. The molecule has 5 heteroatoms. The van der Waals surface area contributed by atoms with Crippen LogP contribution in [-0.4, -0.2) is 21.6 Å². The molecule has 0 bridgehead atoms. The first-order valence-electron chi connectivity index (χ1n) is 4.43. The Morgan fingerprint density at radius 2 is 2.40 bits per heavy atom. The Hall–Kier alpha value is -0.920. The van der Waals surface area contributed by atoms with Crippen LogP contribution in [0.3, 0.4) is 0 Å². The van der Waals surface area contributed by atoms with Gasteiger partial charge < -0.3 is 10.5 Å². The average Bonchev–Trinajstić information content (AvgIpc) is 2.19. The molecule has 0 aliphatic carbocycles. The number of ether oxygens (including phenoxy) is 1. The molecule has 0 saturated heterocycles. The van der Waals surface area contributed by atoms with Gasteiger partial charge >= 0.3 is 6.09 Å². The van der Waals surface area contributed by atoms with Crippen molar-refractivity contribution in [3.05, 3.63) is 0 Å². The minimum absolute atomic E-state index is 0.480. The molecule has 0 saturated carbocycles. The van der Waals surface area contributed by atoms with Crippen LogP contribution in [0.5, 0.6) is 0 Å². The maximum absolute atomic E-state index is 11.3. The number of nitrogens with zero attached hydrogens (tertiary/aromatic N) is 1. The van der Waals surface area contributed by atoms with E-state index in [0.29, 0.717) is 10.8 Å². The van der Waals surface area contributed by atoms with Crippen molar-refractivity contribution in [3.63, 3.8) is 0 Å². The summed E-state index contributed by atoms with van der Waals surface area (Å²) in [5, 5.41) is 0. The lowest BCUT2D eigenvalue weighted by atomic mass is 10.2. The molecule has 0 aromatic heterocycles. The van der Waals surface area contributed by atoms with Crippen LogP contribution < -0.4 is 5.73 Å². The normalized spacial score (nSPS) is 10.5. The maximum Gasteiger partial charge on any atom is 0.437 e. The molecule has 0 rings (SSSR count). The highest BCUT2D eigenvalue weighted by Gasteiger charge is 2.19. The summed E-state index contributed by atoms with van der Waals surface area (Å²) >= 11 is 2.08. The number of carbonyl (C=O) groups excluding carboxylic acids is 1. The molecule has 0 aromatic carbocycles. The SMILES string of the molecule is C#COC(=O)N(C#CCI)C(N)CCC. The summed E-state index contributed by atoms with van der Waals surface area (Å²) in [5.74, 6) is 2.74. The van der Waals surface area contributed by atoms with E-state index in [1.54, 1.807) is 6.11 Å². The summed E-state index contributed by atoms with van der Waals surface area (Å²) in [6.45, 7) is 1.97. The smallest absolute Gasteiger partial charge is 0.355 e. The molecule has 1 amide bonds. The zero-order valence-electron chi connectivity index (χ0n) is 8.50. The summed E-state index contributed by atoms with van der Waals surface area (Å²) in [7, 11) is 0. The quantitative estimate of drug-likeness (QED) is 0.282. The van der Waals surface area contributed by atoms with Gasteiger partial charge in [-0.2, -0.15) is 0 Å². The van der Waals surface area contributed by atoms with Crippen LogP contribution in [0.15, 0.2) is 0 Å². The van der Waals surface area contributed by atoms with Crippen LogP contribution in [-0.2, 0) is 4.74 Å². The van der Waals surface area contributed by atoms with Crippen LogP contribution in [0.25, 0.3) is 0 Å². The summed E-state index contributed by atoms with van der Waals surface area (Å²) in [4.78, 5) is 12.5. The maximum atomic E-state index is 11.3. The molecular weight excluding hydrogens is 307 g/mol. The molecule has 2 N–H and O–H groups in total. The third kappa shape index (κ3) is 5.50. The molecule has 0 aromatic rings. The molecule has 82 valence electrons. The van der Waals surface area contributed by atoms with E-state index in [9.17, 15) is 4.79 Å². The van der Waals surface area contributed by atoms with Crippen molar-refractivity contribution in [3.8, 4) is 24.5 Å². The van der Waals surface area contributed by atoms with E-state index in [0.717, 1.165) is 11.3 Å². The van der Waals surface area contributed by atoms with E-state index in [1.807, 2.05) is 6.92 Å². The van der Waals surface area contributed by atoms with Crippen molar-refractivity contribution in [2.45, 2.75) is 25.9 Å². The number of rotatable bonds is 3. The van der Waals surface area contributed by atoms with Gasteiger partial charge in [0, 0.05) is 6.04 Å². The number of hydrogen-bond acceptors (Lipinski definition) is 3. The van der Waals surface area contributed by atoms with E-state index in [-0.39, 0.29) is 0 Å². The Morgan fingerprint density at radius 3 is 2.87 bits per heavy atom. The van der Waals surface area contributed by atoms with Crippen LogP contribution in [0.2, 0.25) is 0 Å². The highest BCUT2D eigenvalue weighted by Crippen LogP contribution is 2.02. The van der Waals surface area contributed by atoms with Gasteiger partial charge in [-0.15, -0.1) is 0 Å². The monoisotopic (exact) mass is 320 g/mol. The lowest BCUT2D eigenvalue weighted by molar-refractivity contribution is 0.149. The molecule has 0 heterocycles. The molecule has 0 aliphatic heterocycles. The topological polar surface area (TPSA) is 55.6 Å². The fourth-order valence-electron chi connectivity index (χ4n) is 0.903. The third-order valence-electron chi connectivity index (χ3n) is 1.53. The Labute approximate surface area is 104 Å². The summed E-state index contributed by atoms with van der Waals surface area (Å²) in [6, 6.07) is 2.62. The van der Waals surface area contributed by atoms with E-state index in [4.69, 9.17) is 12.2 Å². The molecule has 0 fully saturated rings.